The van der Waals surface area contributed by atoms with Crippen LogP contribution >= 0.6 is 46.4 Å². The van der Waals surface area contributed by atoms with Crippen LogP contribution in [0.2, 0.25) is 15.1 Å². The van der Waals surface area contributed by atoms with Crippen molar-refractivity contribution in [2.24, 2.45) is 0 Å². The van der Waals surface area contributed by atoms with Crippen molar-refractivity contribution in [1.82, 2.24) is 0 Å². The lowest BCUT2D eigenvalue weighted by atomic mass is 10.0. The molecular formula is C26H19Cl4N3O3. The van der Waals surface area contributed by atoms with Crippen molar-refractivity contribution in [1.29, 1.82) is 0 Å². The number of nitrogens with one attached hydrogen (secondary N) is 2. The van der Waals surface area contributed by atoms with Gasteiger partial charge < -0.3 is 10.6 Å². The zero-order valence-corrected chi connectivity index (χ0v) is 22.3. The second-order valence-electron chi connectivity index (χ2n) is 8.28. The number of carbonyl (C=O) groups excluding carboxylic acids is 3. The summed E-state index contributed by atoms with van der Waals surface area (Å²) in [7, 11) is 0. The Morgan fingerprint density at radius 2 is 1.36 bits per heavy atom. The summed E-state index contributed by atoms with van der Waals surface area (Å²) in [6.07, 6.45) is 0. The average molecular weight is 563 g/mol. The summed E-state index contributed by atoms with van der Waals surface area (Å²) in [6, 6.07) is 13.1. The van der Waals surface area contributed by atoms with Crippen LogP contribution in [0.4, 0.5) is 17.1 Å². The Labute approximate surface area is 227 Å². The summed E-state index contributed by atoms with van der Waals surface area (Å²) in [4.78, 5) is 39.4. The van der Waals surface area contributed by atoms with Gasteiger partial charge in [0, 0.05) is 16.9 Å². The molecule has 0 spiro atoms. The molecule has 4 rings (SSSR count). The summed E-state index contributed by atoms with van der Waals surface area (Å²) in [5, 5.41) is 5.86. The molecule has 0 saturated heterocycles. The molecule has 0 aliphatic carbocycles. The Balaban J connectivity index is 1.52. The zero-order valence-electron chi connectivity index (χ0n) is 19.3. The van der Waals surface area contributed by atoms with E-state index >= 15 is 0 Å². The van der Waals surface area contributed by atoms with Gasteiger partial charge in [0.2, 0.25) is 0 Å². The molecule has 0 aromatic heterocycles. The lowest BCUT2D eigenvalue weighted by Crippen LogP contribution is -2.32. The SMILES string of the molecule is Cc1cc(C)c(NC(=O)c2ccc(NC3=C(Cl)C(=O)N(c4cc(Cl)c(Cl)cc4Cl)C3=O)cc2)c(C)c1. The fourth-order valence-corrected chi connectivity index (χ4v) is 4.76. The third kappa shape index (κ3) is 4.95. The standard InChI is InChI=1S/C26H19Cl4N3O3/c1-12-8-13(2)22(14(3)9-12)32-24(34)15-4-6-16(7-5-15)31-23-21(30)25(35)33(26(23)36)20-11-18(28)17(27)10-19(20)29/h4-11,31H,1-3H3,(H,32,34). The van der Waals surface area contributed by atoms with E-state index in [4.69, 9.17) is 46.4 Å². The summed E-state index contributed by atoms with van der Waals surface area (Å²) in [5.41, 5.74) is 4.61. The number of amides is 3. The minimum atomic E-state index is -0.760. The van der Waals surface area contributed by atoms with Gasteiger partial charge in [0.05, 0.1) is 20.8 Å². The maximum atomic E-state index is 13.0. The number of hydrogen-bond acceptors (Lipinski definition) is 4. The lowest BCUT2D eigenvalue weighted by molar-refractivity contribution is -0.120. The van der Waals surface area contributed by atoms with Crippen LogP contribution in [-0.2, 0) is 9.59 Å². The van der Waals surface area contributed by atoms with Crippen LogP contribution in [0.5, 0.6) is 0 Å². The van der Waals surface area contributed by atoms with Gasteiger partial charge in [-0.25, -0.2) is 4.90 Å². The van der Waals surface area contributed by atoms with E-state index in [2.05, 4.69) is 10.6 Å². The van der Waals surface area contributed by atoms with Gasteiger partial charge in [-0.2, -0.15) is 0 Å². The molecule has 3 aromatic rings. The largest absolute Gasteiger partial charge is 0.350 e. The number of hydrogen-bond donors (Lipinski definition) is 2. The van der Waals surface area contributed by atoms with E-state index in [1.165, 1.54) is 12.1 Å². The Hall–Kier alpha value is -3.03. The molecule has 0 unspecified atom stereocenters. The fourth-order valence-electron chi connectivity index (χ4n) is 3.93. The van der Waals surface area contributed by atoms with Gasteiger partial charge in [0.1, 0.15) is 10.7 Å². The molecule has 0 atom stereocenters. The molecule has 10 heteroatoms. The third-order valence-electron chi connectivity index (χ3n) is 5.59. The number of imide groups is 1. The van der Waals surface area contributed by atoms with Gasteiger partial charge in [-0.05, 0) is 68.3 Å². The number of aryl methyl sites for hydroxylation is 3. The number of halogens is 4. The zero-order chi connectivity index (χ0) is 26.3. The highest BCUT2D eigenvalue weighted by Gasteiger charge is 2.40. The first-order valence-corrected chi connectivity index (χ1v) is 12.2. The monoisotopic (exact) mass is 561 g/mol. The van der Waals surface area contributed by atoms with Gasteiger partial charge >= 0.3 is 0 Å². The van der Waals surface area contributed by atoms with Crippen molar-refractivity contribution < 1.29 is 14.4 Å². The highest BCUT2D eigenvalue weighted by molar-refractivity contribution is 6.54. The van der Waals surface area contributed by atoms with Crippen LogP contribution in [-0.4, -0.2) is 17.7 Å². The van der Waals surface area contributed by atoms with Crippen molar-refractivity contribution in [3.05, 3.63) is 96.6 Å². The van der Waals surface area contributed by atoms with Crippen molar-refractivity contribution in [2.45, 2.75) is 20.8 Å². The number of rotatable bonds is 5. The van der Waals surface area contributed by atoms with Gasteiger partial charge in [-0.3, -0.25) is 14.4 Å². The van der Waals surface area contributed by atoms with E-state index in [9.17, 15) is 14.4 Å². The number of carbonyl (C=O) groups is 3. The van der Waals surface area contributed by atoms with Crippen molar-refractivity contribution >= 4 is 81.2 Å². The van der Waals surface area contributed by atoms with Crippen molar-refractivity contribution in [3.63, 3.8) is 0 Å². The van der Waals surface area contributed by atoms with Gasteiger partial charge in [-0.15, -0.1) is 0 Å². The molecule has 3 amide bonds. The molecule has 2 N–H and O–H groups in total. The smallest absolute Gasteiger partial charge is 0.283 e. The Bertz CT molecular complexity index is 1440. The number of nitrogens with zero attached hydrogens (tertiary/aromatic N) is 1. The summed E-state index contributed by atoms with van der Waals surface area (Å²) >= 11 is 24.4. The quantitative estimate of drug-likeness (QED) is 0.253. The first-order chi connectivity index (χ1) is 17.0. The van der Waals surface area contributed by atoms with E-state index < -0.39 is 11.8 Å². The average Bonchev–Trinajstić information content (AvgIpc) is 3.02. The third-order valence-corrected chi connectivity index (χ3v) is 6.97. The van der Waals surface area contributed by atoms with Crippen molar-refractivity contribution in [3.8, 4) is 0 Å². The summed E-state index contributed by atoms with van der Waals surface area (Å²) in [6.45, 7) is 5.88. The molecule has 0 saturated carbocycles. The molecule has 1 heterocycles. The predicted molar refractivity (Wildman–Crippen MR) is 146 cm³/mol. The lowest BCUT2D eigenvalue weighted by Gasteiger charge is -2.17. The minimum absolute atomic E-state index is 0.0599. The van der Waals surface area contributed by atoms with Crippen LogP contribution in [0.15, 0.2) is 59.3 Å². The molecule has 0 fully saturated rings. The van der Waals surface area contributed by atoms with E-state index in [1.807, 2.05) is 32.9 Å². The molecule has 184 valence electrons. The fraction of sp³-hybridized carbons (Fsp3) is 0.115. The van der Waals surface area contributed by atoms with Crippen LogP contribution in [0.25, 0.3) is 0 Å². The topological polar surface area (TPSA) is 78.5 Å². The number of anilines is 3. The van der Waals surface area contributed by atoms with Gasteiger partial charge in [0.15, 0.2) is 0 Å². The molecule has 1 aliphatic rings. The molecule has 36 heavy (non-hydrogen) atoms. The second kappa shape index (κ2) is 10.1. The van der Waals surface area contributed by atoms with Crippen LogP contribution in [0.1, 0.15) is 27.0 Å². The maximum Gasteiger partial charge on any atom is 0.283 e. The minimum Gasteiger partial charge on any atom is -0.350 e. The maximum absolute atomic E-state index is 13.0. The predicted octanol–water partition coefficient (Wildman–Crippen LogP) is 7.26. The van der Waals surface area contributed by atoms with Gasteiger partial charge in [0.25, 0.3) is 17.7 Å². The molecule has 1 aliphatic heterocycles. The van der Waals surface area contributed by atoms with Crippen LogP contribution in [0, 0.1) is 20.8 Å². The van der Waals surface area contributed by atoms with Gasteiger partial charge in [-0.1, -0.05) is 64.1 Å². The Morgan fingerprint density at radius 3 is 1.97 bits per heavy atom. The van der Waals surface area contributed by atoms with E-state index in [0.717, 1.165) is 27.3 Å². The molecule has 6 nitrogen and oxygen atoms in total. The first-order valence-electron chi connectivity index (χ1n) is 10.7. The Morgan fingerprint density at radius 1 is 0.778 bits per heavy atom. The van der Waals surface area contributed by atoms with E-state index in [-0.39, 0.29) is 37.4 Å². The normalized spacial score (nSPS) is 13.5. The highest BCUT2D eigenvalue weighted by atomic mass is 35.5. The molecule has 0 bridgehead atoms. The first kappa shape index (κ1) is 26.0. The summed E-state index contributed by atoms with van der Waals surface area (Å²) < 4.78 is 0. The Kier molecular flexibility index (Phi) is 7.34. The van der Waals surface area contributed by atoms with E-state index in [0.29, 0.717) is 11.3 Å². The summed E-state index contributed by atoms with van der Waals surface area (Å²) in [5.74, 6) is -1.75. The van der Waals surface area contributed by atoms with Crippen molar-refractivity contribution in [2.75, 3.05) is 15.5 Å². The molecule has 3 aromatic carbocycles. The highest BCUT2D eigenvalue weighted by Crippen LogP contribution is 2.38. The number of benzene rings is 3. The van der Waals surface area contributed by atoms with Crippen LogP contribution < -0.4 is 15.5 Å². The van der Waals surface area contributed by atoms with Crippen LogP contribution in [0.3, 0.4) is 0 Å². The second-order valence-corrected chi connectivity index (χ2v) is 9.88. The van der Waals surface area contributed by atoms with E-state index in [1.54, 1.807) is 24.3 Å². The molecule has 0 radical (unpaired) electrons. The molecular weight excluding hydrogens is 544 g/mol.